The van der Waals surface area contributed by atoms with Crippen molar-refractivity contribution in [3.05, 3.63) is 59.2 Å². The minimum atomic E-state index is 0.0114. The molecule has 3 rings (SSSR count). The van der Waals surface area contributed by atoms with Crippen LogP contribution >= 0.6 is 0 Å². The van der Waals surface area contributed by atoms with Gasteiger partial charge in [-0.05, 0) is 62.2 Å². The summed E-state index contributed by atoms with van der Waals surface area (Å²) < 4.78 is 11.4. The van der Waals surface area contributed by atoms with E-state index in [9.17, 15) is 4.79 Å². The molecule has 144 valence electrons. The Balaban J connectivity index is 1.76. The molecule has 1 aliphatic rings. The molecular weight excluding hydrogens is 340 g/mol. The summed E-state index contributed by atoms with van der Waals surface area (Å²) >= 11 is 0. The molecule has 0 aliphatic carbocycles. The number of hydrogen-bond donors (Lipinski definition) is 1. The van der Waals surface area contributed by atoms with Crippen molar-refractivity contribution < 1.29 is 14.3 Å². The Morgan fingerprint density at radius 1 is 1.19 bits per heavy atom. The first-order chi connectivity index (χ1) is 13.2. The van der Waals surface area contributed by atoms with Gasteiger partial charge in [0.25, 0.3) is 5.91 Å². The Morgan fingerprint density at radius 2 is 1.96 bits per heavy atom. The first-order valence-electron chi connectivity index (χ1n) is 9.59. The van der Waals surface area contributed by atoms with Gasteiger partial charge in [0.1, 0.15) is 18.1 Å². The summed E-state index contributed by atoms with van der Waals surface area (Å²) in [5.74, 6) is 1.53. The van der Waals surface area contributed by atoms with E-state index in [0.717, 1.165) is 18.7 Å². The standard InChI is InChI=1S/C22H28N2O3/c1-4-24(5-2)22(25)19-8-6-7-9-21(19)27-15-20-18-11-10-17(26-3)14-16(18)12-13-23-20/h6-11,14,20,23H,4-5,12-13,15H2,1-3H3. The molecule has 0 saturated carbocycles. The van der Waals surface area contributed by atoms with Gasteiger partial charge in [-0.25, -0.2) is 0 Å². The van der Waals surface area contributed by atoms with E-state index in [0.29, 0.717) is 31.0 Å². The quantitative estimate of drug-likeness (QED) is 0.813. The van der Waals surface area contributed by atoms with E-state index in [2.05, 4.69) is 17.4 Å². The van der Waals surface area contributed by atoms with E-state index in [1.807, 2.05) is 49.1 Å². The molecule has 1 aliphatic heterocycles. The molecule has 5 heteroatoms. The predicted molar refractivity (Wildman–Crippen MR) is 107 cm³/mol. The average Bonchev–Trinajstić information content (AvgIpc) is 2.72. The predicted octanol–water partition coefficient (Wildman–Crippen LogP) is 3.44. The molecule has 1 heterocycles. The highest BCUT2D eigenvalue weighted by molar-refractivity contribution is 5.96. The SMILES string of the molecule is CCN(CC)C(=O)c1ccccc1OCC1NCCc2cc(OC)ccc21. The van der Waals surface area contributed by atoms with Crippen molar-refractivity contribution in [3.8, 4) is 11.5 Å². The van der Waals surface area contributed by atoms with Crippen molar-refractivity contribution in [2.24, 2.45) is 0 Å². The largest absolute Gasteiger partial charge is 0.497 e. The Kier molecular flexibility index (Phi) is 6.35. The van der Waals surface area contributed by atoms with Gasteiger partial charge in [-0.3, -0.25) is 4.79 Å². The number of nitrogens with zero attached hydrogens (tertiary/aromatic N) is 1. The molecule has 0 spiro atoms. The molecule has 1 N–H and O–H groups in total. The molecule has 5 nitrogen and oxygen atoms in total. The van der Waals surface area contributed by atoms with E-state index in [4.69, 9.17) is 9.47 Å². The van der Waals surface area contributed by atoms with Crippen LogP contribution in [0, 0.1) is 0 Å². The van der Waals surface area contributed by atoms with Crippen LogP contribution in [0.15, 0.2) is 42.5 Å². The number of amides is 1. The van der Waals surface area contributed by atoms with Gasteiger partial charge >= 0.3 is 0 Å². The van der Waals surface area contributed by atoms with Gasteiger partial charge in [0.15, 0.2) is 0 Å². The maximum absolute atomic E-state index is 12.8. The lowest BCUT2D eigenvalue weighted by Crippen LogP contribution is -2.34. The van der Waals surface area contributed by atoms with E-state index >= 15 is 0 Å². The van der Waals surface area contributed by atoms with Crippen molar-refractivity contribution in [2.75, 3.05) is 33.4 Å². The zero-order valence-electron chi connectivity index (χ0n) is 16.3. The summed E-state index contributed by atoms with van der Waals surface area (Å²) in [6, 6.07) is 13.8. The lowest BCUT2D eigenvalue weighted by Gasteiger charge is -2.28. The van der Waals surface area contributed by atoms with Crippen molar-refractivity contribution in [1.29, 1.82) is 0 Å². The van der Waals surface area contributed by atoms with Crippen molar-refractivity contribution in [1.82, 2.24) is 10.2 Å². The molecule has 0 fully saturated rings. The number of para-hydroxylation sites is 1. The molecule has 2 aromatic rings. The van der Waals surface area contributed by atoms with Crippen LogP contribution in [0.4, 0.5) is 0 Å². The second kappa shape index (κ2) is 8.91. The van der Waals surface area contributed by atoms with E-state index in [1.54, 1.807) is 7.11 Å². The number of nitrogens with one attached hydrogen (secondary N) is 1. The summed E-state index contributed by atoms with van der Waals surface area (Å²) in [4.78, 5) is 14.6. The minimum Gasteiger partial charge on any atom is -0.497 e. The fourth-order valence-electron chi connectivity index (χ4n) is 3.53. The molecule has 1 unspecified atom stereocenters. The molecular formula is C22H28N2O3. The molecule has 0 aromatic heterocycles. The van der Waals surface area contributed by atoms with Crippen LogP contribution in [0.5, 0.6) is 11.5 Å². The fraction of sp³-hybridized carbons (Fsp3) is 0.409. The zero-order chi connectivity index (χ0) is 19.2. The highest BCUT2D eigenvalue weighted by atomic mass is 16.5. The molecule has 27 heavy (non-hydrogen) atoms. The molecule has 0 radical (unpaired) electrons. The number of rotatable bonds is 7. The zero-order valence-corrected chi connectivity index (χ0v) is 16.3. The highest BCUT2D eigenvalue weighted by Gasteiger charge is 2.22. The number of methoxy groups -OCH3 is 1. The van der Waals surface area contributed by atoms with Gasteiger partial charge in [-0.15, -0.1) is 0 Å². The van der Waals surface area contributed by atoms with Crippen molar-refractivity contribution >= 4 is 5.91 Å². The lowest BCUT2D eigenvalue weighted by atomic mass is 9.94. The van der Waals surface area contributed by atoms with Crippen LogP contribution in [0.2, 0.25) is 0 Å². The lowest BCUT2D eigenvalue weighted by molar-refractivity contribution is 0.0768. The summed E-state index contributed by atoms with van der Waals surface area (Å²) in [5.41, 5.74) is 3.13. The Morgan fingerprint density at radius 3 is 2.70 bits per heavy atom. The molecule has 1 atom stereocenters. The third-order valence-electron chi connectivity index (χ3n) is 5.08. The highest BCUT2D eigenvalue weighted by Crippen LogP contribution is 2.28. The topological polar surface area (TPSA) is 50.8 Å². The second-order valence-electron chi connectivity index (χ2n) is 6.61. The van der Waals surface area contributed by atoms with E-state index in [1.165, 1.54) is 11.1 Å². The fourth-order valence-corrected chi connectivity index (χ4v) is 3.53. The monoisotopic (exact) mass is 368 g/mol. The molecule has 0 saturated heterocycles. The van der Waals surface area contributed by atoms with Gasteiger partial charge in [0, 0.05) is 13.1 Å². The van der Waals surface area contributed by atoms with Gasteiger partial charge in [-0.1, -0.05) is 18.2 Å². The number of benzene rings is 2. The summed E-state index contributed by atoms with van der Waals surface area (Å²) in [5, 5.41) is 3.52. The van der Waals surface area contributed by atoms with Crippen molar-refractivity contribution in [2.45, 2.75) is 26.3 Å². The minimum absolute atomic E-state index is 0.0114. The van der Waals surface area contributed by atoms with Crippen LogP contribution in [0.1, 0.15) is 41.4 Å². The third-order valence-corrected chi connectivity index (χ3v) is 5.08. The number of carbonyl (C=O) groups is 1. The van der Waals surface area contributed by atoms with Gasteiger partial charge in [0.05, 0.1) is 18.7 Å². The number of fused-ring (bicyclic) bond motifs is 1. The normalized spacial score (nSPS) is 15.7. The number of ether oxygens (including phenoxy) is 2. The number of carbonyl (C=O) groups excluding carboxylic acids is 1. The first-order valence-corrected chi connectivity index (χ1v) is 9.59. The molecule has 0 bridgehead atoms. The van der Waals surface area contributed by atoms with Gasteiger partial charge in [-0.2, -0.15) is 0 Å². The Bertz CT molecular complexity index is 787. The maximum atomic E-state index is 12.8. The Hall–Kier alpha value is -2.53. The smallest absolute Gasteiger partial charge is 0.257 e. The summed E-state index contributed by atoms with van der Waals surface area (Å²) in [6.45, 7) is 6.71. The van der Waals surface area contributed by atoms with Crippen LogP contribution in [-0.2, 0) is 6.42 Å². The summed E-state index contributed by atoms with van der Waals surface area (Å²) in [7, 11) is 1.69. The Labute approximate surface area is 161 Å². The average molecular weight is 368 g/mol. The van der Waals surface area contributed by atoms with Crippen LogP contribution in [-0.4, -0.2) is 44.2 Å². The second-order valence-corrected chi connectivity index (χ2v) is 6.61. The molecule has 1 amide bonds. The third kappa shape index (κ3) is 4.25. The first kappa shape index (κ1) is 19.2. The van der Waals surface area contributed by atoms with Gasteiger partial charge < -0.3 is 19.7 Å². The van der Waals surface area contributed by atoms with E-state index in [-0.39, 0.29) is 11.9 Å². The van der Waals surface area contributed by atoms with Crippen LogP contribution in [0.25, 0.3) is 0 Å². The number of hydrogen-bond acceptors (Lipinski definition) is 4. The summed E-state index contributed by atoms with van der Waals surface area (Å²) in [6.07, 6.45) is 0.972. The van der Waals surface area contributed by atoms with Crippen molar-refractivity contribution in [3.63, 3.8) is 0 Å². The van der Waals surface area contributed by atoms with E-state index < -0.39 is 0 Å². The van der Waals surface area contributed by atoms with Crippen LogP contribution in [0.3, 0.4) is 0 Å². The maximum Gasteiger partial charge on any atom is 0.257 e. The van der Waals surface area contributed by atoms with Crippen LogP contribution < -0.4 is 14.8 Å². The van der Waals surface area contributed by atoms with Gasteiger partial charge in [0.2, 0.25) is 0 Å². The molecule has 2 aromatic carbocycles.